The SMILES string of the molecule is COc1ccccc1[C@@H]1SCC(=O)N(CC(=O)N2CCOCC2)c2c1c(-c1ccccc1)nn2-c1ccc(C)cc1C. The van der Waals surface area contributed by atoms with Gasteiger partial charge >= 0.3 is 0 Å². The van der Waals surface area contributed by atoms with E-state index in [1.807, 2.05) is 78.3 Å². The zero-order valence-electron chi connectivity index (χ0n) is 24.1. The van der Waals surface area contributed by atoms with Gasteiger partial charge in [0.2, 0.25) is 11.8 Å². The van der Waals surface area contributed by atoms with Gasteiger partial charge in [0, 0.05) is 29.8 Å². The van der Waals surface area contributed by atoms with Gasteiger partial charge in [-0.2, -0.15) is 5.10 Å². The minimum absolute atomic E-state index is 0.0735. The lowest BCUT2D eigenvalue weighted by Gasteiger charge is -2.30. The molecule has 0 unspecified atom stereocenters. The number of morpholine rings is 1. The van der Waals surface area contributed by atoms with Gasteiger partial charge in [-0.25, -0.2) is 4.68 Å². The third-order valence-corrected chi connectivity index (χ3v) is 9.03. The standard InChI is InChI=1S/C33H34N4O4S/c1-22-13-14-26(23(2)19-22)37-33-30(31(34-37)24-9-5-4-6-10-24)32(25-11-7-8-12-27(25)40-3)42-21-29(39)36(33)20-28(38)35-15-17-41-18-16-35/h4-14,19,32H,15-18,20-21H2,1-3H3/t32-/m0/s1. The van der Waals surface area contributed by atoms with Crippen molar-refractivity contribution in [1.82, 2.24) is 14.7 Å². The Kier molecular flexibility index (Phi) is 8.04. The molecule has 1 aromatic heterocycles. The number of rotatable bonds is 6. The first kappa shape index (κ1) is 28.1. The lowest BCUT2D eigenvalue weighted by molar-refractivity contribution is -0.134. The first-order valence-corrected chi connectivity index (χ1v) is 15.2. The molecule has 3 aromatic carbocycles. The van der Waals surface area contributed by atoms with Crippen LogP contribution >= 0.6 is 11.8 Å². The molecular weight excluding hydrogens is 548 g/mol. The molecule has 2 aliphatic rings. The zero-order chi connectivity index (χ0) is 29.2. The number of methoxy groups -OCH3 is 1. The van der Waals surface area contributed by atoms with Crippen LogP contribution in [0.4, 0.5) is 5.82 Å². The molecule has 0 saturated carbocycles. The van der Waals surface area contributed by atoms with Crippen LogP contribution < -0.4 is 9.64 Å². The van der Waals surface area contributed by atoms with Crippen LogP contribution in [0.2, 0.25) is 0 Å². The van der Waals surface area contributed by atoms with Crippen LogP contribution in [0, 0.1) is 13.8 Å². The molecule has 3 heterocycles. The highest BCUT2D eigenvalue weighted by molar-refractivity contribution is 8.00. The molecule has 1 atom stereocenters. The van der Waals surface area contributed by atoms with Crippen LogP contribution in [0.25, 0.3) is 16.9 Å². The maximum Gasteiger partial charge on any atom is 0.242 e. The normalized spacial score (nSPS) is 17.1. The van der Waals surface area contributed by atoms with Crippen molar-refractivity contribution in [2.45, 2.75) is 19.1 Å². The molecule has 6 rings (SSSR count). The summed E-state index contributed by atoms with van der Waals surface area (Å²) in [5.74, 6) is 1.33. The van der Waals surface area contributed by atoms with E-state index < -0.39 is 0 Å². The summed E-state index contributed by atoms with van der Waals surface area (Å²) in [5, 5.41) is 4.96. The number of amides is 2. The van der Waals surface area contributed by atoms with E-state index in [0.29, 0.717) is 32.1 Å². The fourth-order valence-electron chi connectivity index (χ4n) is 5.72. The predicted molar refractivity (Wildman–Crippen MR) is 166 cm³/mol. The average molecular weight is 583 g/mol. The second-order valence-electron chi connectivity index (χ2n) is 10.6. The monoisotopic (exact) mass is 582 g/mol. The van der Waals surface area contributed by atoms with Gasteiger partial charge < -0.3 is 14.4 Å². The third-order valence-electron chi connectivity index (χ3n) is 7.80. The summed E-state index contributed by atoms with van der Waals surface area (Å²) in [6, 6.07) is 24.1. The molecule has 1 saturated heterocycles. The molecule has 0 N–H and O–H groups in total. The number of nitrogens with zero attached hydrogens (tertiary/aromatic N) is 4. The Morgan fingerprint density at radius 1 is 1.02 bits per heavy atom. The Hall–Kier alpha value is -4.08. The number of carbonyl (C=O) groups is 2. The van der Waals surface area contributed by atoms with Crippen LogP contribution in [-0.4, -0.2) is 72.2 Å². The second-order valence-corrected chi connectivity index (χ2v) is 11.7. The number of thioether (sulfide) groups is 1. The highest BCUT2D eigenvalue weighted by Crippen LogP contribution is 2.50. The summed E-state index contributed by atoms with van der Waals surface area (Å²) in [5.41, 5.74) is 6.57. The summed E-state index contributed by atoms with van der Waals surface area (Å²) in [6.45, 7) is 6.05. The van der Waals surface area contributed by atoms with Gasteiger partial charge in [0.1, 0.15) is 18.1 Å². The van der Waals surface area contributed by atoms with Gasteiger partial charge in [0.25, 0.3) is 0 Å². The van der Waals surface area contributed by atoms with Gasteiger partial charge in [0.05, 0.1) is 42.7 Å². The average Bonchev–Trinajstić information content (AvgIpc) is 3.34. The van der Waals surface area contributed by atoms with Gasteiger partial charge in [-0.05, 0) is 31.5 Å². The summed E-state index contributed by atoms with van der Waals surface area (Å²) in [4.78, 5) is 31.1. The largest absolute Gasteiger partial charge is 0.496 e. The smallest absolute Gasteiger partial charge is 0.242 e. The number of aryl methyl sites for hydroxylation is 2. The summed E-state index contributed by atoms with van der Waals surface area (Å²) in [6.07, 6.45) is 0. The van der Waals surface area contributed by atoms with E-state index in [0.717, 1.165) is 44.9 Å². The fourth-order valence-corrected chi connectivity index (χ4v) is 6.94. The van der Waals surface area contributed by atoms with E-state index in [9.17, 15) is 9.59 Å². The minimum atomic E-state index is -0.265. The van der Waals surface area contributed by atoms with E-state index in [2.05, 4.69) is 13.0 Å². The van der Waals surface area contributed by atoms with Crippen molar-refractivity contribution < 1.29 is 19.1 Å². The number of para-hydroxylation sites is 1. The number of benzene rings is 3. The molecule has 216 valence electrons. The zero-order valence-corrected chi connectivity index (χ0v) is 24.9. The Morgan fingerprint density at radius 2 is 1.76 bits per heavy atom. The number of carbonyl (C=O) groups excluding carboxylic acids is 2. The molecule has 0 aliphatic carbocycles. The quantitative estimate of drug-likeness (QED) is 0.311. The summed E-state index contributed by atoms with van der Waals surface area (Å²) < 4.78 is 13.1. The van der Waals surface area contributed by atoms with Crippen LogP contribution in [0.1, 0.15) is 27.5 Å². The lowest BCUT2D eigenvalue weighted by atomic mass is 9.99. The molecule has 9 heteroatoms. The number of hydrogen-bond donors (Lipinski definition) is 0. The van der Waals surface area contributed by atoms with Crippen molar-refractivity contribution in [3.8, 4) is 22.7 Å². The summed E-state index contributed by atoms with van der Waals surface area (Å²) >= 11 is 1.54. The molecule has 0 spiro atoms. The number of anilines is 1. The molecule has 0 radical (unpaired) electrons. The highest BCUT2D eigenvalue weighted by Gasteiger charge is 2.39. The Morgan fingerprint density at radius 3 is 2.50 bits per heavy atom. The van der Waals surface area contributed by atoms with Crippen LogP contribution in [0.15, 0.2) is 72.8 Å². The van der Waals surface area contributed by atoms with Crippen molar-refractivity contribution in [1.29, 1.82) is 0 Å². The van der Waals surface area contributed by atoms with Gasteiger partial charge in [0.15, 0.2) is 0 Å². The van der Waals surface area contributed by atoms with Crippen molar-refractivity contribution in [2.24, 2.45) is 0 Å². The lowest BCUT2D eigenvalue weighted by Crippen LogP contribution is -2.48. The molecule has 42 heavy (non-hydrogen) atoms. The van der Waals surface area contributed by atoms with Crippen molar-refractivity contribution in [3.05, 3.63) is 95.1 Å². The molecule has 1 fully saturated rings. The maximum atomic E-state index is 14.0. The van der Waals surface area contributed by atoms with Gasteiger partial charge in [-0.3, -0.25) is 14.5 Å². The molecular formula is C33H34N4O4S. The van der Waals surface area contributed by atoms with E-state index >= 15 is 0 Å². The topological polar surface area (TPSA) is 76.9 Å². The number of aromatic nitrogens is 2. The molecule has 2 amide bonds. The summed E-state index contributed by atoms with van der Waals surface area (Å²) in [7, 11) is 1.66. The Balaban J connectivity index is 1.62. The number of ether oxygens (including phenoxy) is 2. The van der Waals surface area contributed by atoms with E-state index in [-0.39, 0.29) is 29.4 Å². The van der Waals surface area contributed by atoms with Crippen LogP contribution in [0.5, 0.6) is 5.75 Å². The highest BCUT2D eigenvalue weighted by atomic mass is 32.2. The van der Waals surface area contributed by atoms with Crippen molar-refractivity contribution in [3.63, 3.8) is 0 Å². The fraction of sp³-hybridized carbons (Fsp3) is 0.303. The molecule has 2 aliphatic heterocycles. The molecule has 0 bridgehead atoms. The maximum absolute atomic E-state index is 14.0. The number of hydrogen-bond acceptors (Lipinski definition) is 6. The predicted octanol–water partition coefficient (Wildman–Crippen LogP) is 5.19. The molecule has 4 aromatic rings. The first-order chi connectivity index (χ1) is 20.5. The van der Waals surface area contributed by atoms with E-state index in [4.69, 9.17) is 14.6 Å². The Labute approximate surface area is 250 Å². The van der Waals surface area contributed by atoms with Crippen LogP contribution in [-0.2, 0) is 14.3 Å². The van der Waals surface area contributed by atoms with Crippen molar-refractivity contribution in [2.75, 3.05) is 50.6 Å². The first-order valence-electron chi connectivity index (χ1n) is 14.1. The number of fused-ring (bicyclic) bond motifs is 1. The van der Waals surface area contributed by atoms with Crippen LogP contribution in [0.3, 0.4) is 0 Å². The second kappa shape index (κ2) is 12.0. The van der Waals surface area contributed by atoms with E-state index in [1.54, 1.807) is 16.9 Å². The van der Waals surface area contributed by atoms with Gasteiger partial charge in [-0.15, -0.1) is 11.8 Å². The molecule has 8 nitrogen and oxygen atoms in total. The Bertz CT molecular complexity index is 1610. The van der Waals surface area contributed by atoms with E-state index in [1.165, 1.54) is 11.8 Å². The minimum Gasteiger partial charge on any atom is -0.496 e. The third kappa shape index (κ3) is 5.30. The van der Waals surface area contributed by atoms with Gasteiger partial charge in [-0.1, -0.05) is 66.2 Å². The van der Waals surface area contributed by atoms with Crippen molar-refractivity contribution >= 4 is 29.4 Å².